The second kappa shape index (κ2) is 2.83. The molecule has 50 valence electrons. The van der Waals surface area contributed by atoms with E-state index in [9.17, 15) is 0 Å². The Bertz CT molecular complexity index is 262. The van der Waals surface area contributed by atoms with Crippen LogP contribution in [0.5, 0.6) is 0 Å². The minimum absolute atomic E-state index is 0.324. The maximum Gasteiger partial charge on any atom is 0.0775 e. The summed E-state index contributed by atoms with van der Waals surface area (Å²) in [6.45, 7) is 0. The van der Waals surface area contributed by atoms with Gasteiger partial charge < -0.3 is 5.73 Å². The van der Waals surface area contributed by atoms with Crippen LogP contribution in [0.1, 0.15) is 5.69 Å². The molecule has 2 N–H and O–H groups in total. The van der Waals surface area contributed by atoms with Crippen LogP contribution < -0.4 is 5.73 Å². The molecular weight excluding hydrogens is 126 g/mol. The molecule has 10 heavy (non-hydrogen) atoms. The molecule has 3 nitrogen and oxygen atoms in total. The third-order valence-corrected chi connectivity index (χ3v) is 1.10. The number of nitrogen functional groups attached to an aromatic ring is 1. The van der Waals surface area contributed by atoms with Crippen LogP contribution in [0, 0.1) is 11.3 Å². The molecule has 3 heteroatoms. The predicted octanol–water partition coefficient (Wildman–Crippen LogP) is 0.730. The Morgan fingerprint density at radius 3 is 3.10 bits per heavy atom. The van der Waals surface area contributed by atoms with Crippen molar-refractivity contribution in [2.75, 3.05) is 5.73 Å². The third kappa shape index (κ3) is 1.46. The fourth-order valence-corrected chi connectivity index (χ4v) is 0.675. The molecule has 0 atom stereocenters. The first kappa shape index (κ1) is 6.56. The number of nitriles is 1. The summed E-state index contributed by atoms with van der Waals surface area (Å²) in [7, 11) is 0. The van der Waals surface area contributed by atoms with E-state index >= 15 is 0 Å². The standard InChI is InChI=1S/C7H7N3/c8-3-1-7-5-6(9)2-4-10-7/h2,4-5H,1H2,(H2,9,10). The lowest BCUT2D eigenvalue weighted by molar-refractivity contribution is 1.12. The minimum Gasteiger partial charge on any atom is -0.399 e. The van der Waals surface area contributed by atoms with Gasteiger partial charge in [0, 0.05) is 11.9 Å². The van der Waals surface area contributed by atoms with Gasteiger partial charge in [-0.15, -0.1) is 0 Å². The van der Waals surface area contributed by atoms with Gasteiger partial charge in [0.05, 0.1) is 18.2 Å². The number of rotatable bonds is 1. The zero-order chi connectivity index (χ0) is 7.40. The highest BCUT2D eigenvalue weighted by Crippen LogP contribution is 2.02. The van der Waals surface area contributed by atoms with Gasteiger partial charge in [0.25, 0.3) is 0 Å². The predicted molar refractivity (Wildman–Crippen MR) is 38.0 cm³/mol. The smallest absolute Gasteiger partial charge is 0.0775 e. The zero-order valence-corrected chi connectivity index (χ0v) is 5.41. The summed E-state index contributed by atoms with van der Waals surface area (Å²) in [5.74, 6) is 0. The lowest BCUT2D eigenvalue weighted by atomic mass is 10.3. The molecule has 0 amide bonds. The van der Waals surface area contributed by atoms with Crippen LogP contribution in [0.3, 0.4) is 0 Å². The van der Waals surface area contributed by atoms with Crippen LogP contribution >= 0.6 is 0 Å². The molecule has 0 unspecified atom stereocenters. The highest BCUT2D eigenvalue weighted by Gasteiger charge is 1.91. The summed E-state index contributed by atoms with van der Waals surface area (Å²) in [5, 5.41) is 8.28. The van der Waals surface area contributed by atoms with Crippen molar-refractivity contribution in [1.29, 1.82) is 5.26 Å². The quantitative estimate of drug-likeness (QED) is 0.614. The van der Waals surface area contributed by atoms with E-state index < -0.39 is 0 Å². The first-order valence-electron chi connectivity index (χ1n) is 2.90. The molecule has 0 aromatic carbocycles. The molecule has 1 heterocycles. The molecule has 0 saturated heterocycles. The van der Waals surface area contributed by atoms with Gasteiger partial charge in [0.1, 0.15) is 0 Å². The van der Waals surface area contributed by atoms with Crippen LogP contribution in [-0.2, 0) is 6.42 Å². The summed E-state index contributed by atoms with van der Waals surface area (Å²) in [4.78, 5) is 3.93. The molecule has 0 spiro atoms. The largest absolute Gasteiger partial charge is 0.399 e. The van der Waals surface area contributed by atoms with Crippen molar-refractivity contribution in [2.45, 2.75) is 6.42 Å². The van der Waals surface area contributed by atoms with E-state index in [-0.39, 0.29) is 0 Å². The maximum atomic E-state index is 8.28. The van der Waals surface area contributed by atoms with E-state index in [2.05, 4.69) is 4.98 Å². The van der Waals surface area contributed by atoms with E-state index in [1.165, 1.54) is 0 Å². The molecule has 0 aliphatic carbocycles. The van der Waals surface area contributed by atoms with E-state index in [1.54, 1.807) is 18.3 Å². The SMILES string of the molecule is N#CCc1cc(N)ccn1. The second-order valence-electron chi connectivity index (χ2n) is 1.92. The maximum absolute atomic E-state index is 8.28. The van der Waals surface area contributed by atoms with Gasteiger partial charge >= 0.3 is 0 Å². The van der Waals surface area contributed by atoms with Gasteiger partial charge in [0.2, 0.25) is 0 Å². The second-order valence-corrected chi connectivity index (χ2v) is 1.92. The van der Waals surface area contributed by atoms with Crippen LogP contribution in [0.2, 0.25) is 0 Å². The number of pyridine rings is 1. The van der Waals surface area contributed by atoms with Gasteiger partial charge in [-0.25, -0.2) is 0 Å². The molecule has 1 rings (SSSR count). The topological polar surface area (TPSA) is 62.7 Å². The summed E-state index contributed by atoms with van der Waals surface area (Å²) in [6, 6.07) is 5.39. The van der Waals surface area contributed by atoms with E-state index in [0.717, 1.165) is 5.69 Å². The fourth-order valence-electron chi connectivity index (χ4n) is 0.675. The monoisotopic (exact) mass is 133 g/mol. The number of hydrogen-bond donors (Lipinski definition) is 1. The molecular formula is C7H7N3. The van der Waals surface area contributed by atoms with Crippen molar-refractivity contribution in [3.05, 3.63) is 24.0 Å². The lowest BCUT2D eigenvalue weighted by Gasteiger charge is -1.93. The van der Waals surface area contributed by atoms with Crippen molar-refractivity contribution < 1.29 is 0 Å². The first-order chi connectivity index (χ1) is 4.83. The van der Waals surface area contributed by atoms with Crippen LogP contribution in [0.15, 0.2) is 18.3 Å². The van der Waals surface area contributed by atoms with Crippen molar-refractivity contribution in [3.8, 4) is 6.07 Å². The highest BCUT2D eigenvalue weighted by molar-refractivity contribution is 5.37. The molecule has 0 bridgehead atoms. The van der Waals surface area contributed by atoms with Gasteiger partial charge in [0.15, 0.2) is 0 Å². The van der Waals surface area contributed by atoms with Crippen molar-refractivity contribution in [3.63, 3.8) is 0 Å². The first-order valence-corrected chi connectivity index (χ1v) is 2.90. The van der Waals surface area contributed by atoms with Gasteiger partial charge in [-0.05, 0) is 12.1 Å². The van der Waals surface area contributed by atoms with Crippen LogP contribution in [-0.4, -0.2) is 4.98 Å². The summed E-state index contributed by atoms with van der Waals surface area (Å²) >= 11 is 0. The summed E-state index contributed by atoms with van der Waals surface area (Å²) in [6.07, 6.45) is 1.92. The Labute approximate surface area is 59.1 Å². The van der Waals surface area contributed by atoms with Crippen molar-refractivity contribution in [1.82, 2.24) is 4.98 Å². The average Bonchev–Trinajstić information content (AvgIpc) is 1.88. The molecule has 0 fully saturated rings. The van der Waals surface area contributed by atoms with E-state index in [1.807, 2.05) is 6.07 Å². The number of nitrogens with two attached hydrogens (primary N) is 1. The molecule has 1 aromatic rings. The molecule has 1 aromatic heterocycles. The zero-order valence-electron chi connectivity index (χ0n) is 5.41. The van der Waals surface area contributed by atoms with Crippen LogP contribution in [0.25, 0.3) is 0 Å². The highest BCUT2D eigenvalue weighted by atomic mass is 14.7. The summed E-state index contributed by atoms with van der Waals surface area (Å²) < 4.78 is 0. The van der Waals surface area contributed by atoms with Gasteiger partial charge in [-0.3, -0.25) is 4.98 Å². The third-order valence-electron chi connectivity index (χ3n) is 1.10. The lowest BCUT2D eigenvalue weighted by Crippen LogP contribution is -1.90. The molecule has 0 saturated carbocycles. The Hall–Kier alpha value is -1.56. The van der Waals surface area contributed by atoms with Crippen molar-refractivity contribution >= 4 is 5.69 Å². The molecule has 0 aliphatic heterocycles. The number of hydrogen-bond acceptors (Lipinski definition) is 3. The Morgan fingerprint density at radius 2 is 2.50 bits per heavy atom. The number of anilines is 1. The summed E-state index contributed by atoms with van der Waals surface area (Å²) in [5.41, 5.74) is 6.82. The molecule has 0 aliphatic rings. The number of nitrogens with zero attached hydrogens (tertiary/aromatic N) is 2. The average molecular weight is 133 g/mol. The minimum atomic E-state index is 0.324. The van der Waals surface area contributed by atoms with Crippen molar-refractivity contribution in [2.24, 2.45) is 0 Å². The van der Waals surface area contributed by atoms with Crippen LogP contribution in [0.4, 0.5) is 5.69 Å². The van der Waals surface area contributed by atoms with E-state index in [0.29, 0.717) is 12.1 Å². The van der Waals surface area contributed by atoms with Gasteiger partial charge in [-0.2, -0.15) is 5.26 Å². The Kier molecular flexibility index (Phi) is 1.86. The Balaban J connectivity index is 2.87. The molecule has 0 radical (unpaired) electrons. The van der Waals surface area contributed by atoms with Gasteiger partial charge in [-0.1, -0.05) is 0 Å². The normalized spacial score (nSPS) is 8.70. The Morgan fingerprint density at radius 1 is 1.70 bits per heavy atom. The number of aromatic nitrogens is 1. The van der Waals surface area contributed by atoms with E-state index in [4.69, 9.17) is 11.0 Å². The fraction of sp³-hybridized carbons (Fsp3) is 0.143.